The Hall–Kier alpha value is -3.35. The third-order valence-corrected chi connectivity index (χ3v) is 7.48. The Morgan fingerprint density at radius 2 is 1.83 bits per heavy atom. The minimum absolute atomic E-state index is 0.0256. The van der Waals surface area contributed by atoms with Gasteiger partial charge in [0.25, 0.3) is 0 Å². The van der Waals surface area contributed by atoms with Crippen molar-refractivity contribution in [2.45, 2.75) is 57.5 Å². The van der Waals surface area contributed by atoms with Crippen LogP contribution in [0.3, 0.4) is 0 Å². The molecule has 0 N–H and O–H groups in total. The molecule has 1 aromatic carbocycles. The molecule has 1 saturated heterocycles. The molecule has 0 bridgehead atoms. The Labute approximate surface area is 212 Å². The number of amides is 1. The molecule has 0 radical (unpaired) electrons. The fraction of sp³-hybridized carbons (Fsp3) is 0.483. The van der Waals surface area contributed by atoms with Gasteiger partial charge in [-0.3, -0.25) is 9.79 Å². The molecule has 0 saturated carbocycles. The summed E-state index contributed by atoms with van der Waals surface area (Å²) in [6.45, 7) is 6.91. The second kappa shape index (κ2) is 8.95. The number of ether oxygens (including phenoxy) is 3. The Balaban J connectivity index is 1.49. The first-order valence-electron chi connectivity index (χ1n) is 12.6. The molecule has 2 aliphatic heterocycles. The van der Waals surface area contributed by atoms with Gasteiger partial charge in [0.05, 0.1) is 26.4 Å². The number of fused-ring (bicyclic) bond motifs is 1. The maximum atomic E-state index is 13.7. The number of carbonyl (C=O) groups excluding carboxylic acids is 2. The highest BCUT2D eigenvalue weighted by Crippen LogP contribution is 2.55. The van der Waals surface area contributed by atoms with Gasteiger partial charge in [-0.2, -0.15) is 0 Å². The first-order valence-corrected chi connectivity index (χ1v) is 12.6. The van der Waals surface area contributed by atoms with Crippen molar-refractivity contribution in [3.63, 3.8) is 0 Å². The van der Waals surface area contributed by atoms with Crippen LogP contribution in [0.25, 0.3) is 6.08 Å². The normalized spacial score (nSPS) is 23.8. The maximum Gasteiger partial charge on any atom is 0.410 e. The lowest BCUT2D eigenvalue weighted by Crippen LogP contribution is -2.45. The molecule has 5 rings (SSSR count). The van der Waals surface area contributed by atoms with Crippen LogP contribution in [0.1, 0.15) is 57.6 Å². The molecule has 2 heterocycles. The van der Waals surface area contributed by atoms with E-state index in [-0.39, 0.29) is 18.3 Å². The summed E-state index contributed by atoms with van der Waals surface area (Å²) in [5.74, 6) is 1.54. The number of likely N-dealkylation sites (tertiary alicyclic amines) is 1. The van der Waals surface area contributed by atoms with Crippen molar-refractivity contribution in [3.05, 3.63) is 64.3 Å². The second-order valence-corrected chi connectivity index (χ2v) is 10.9. The van der Waals surface area contributed by atoms with E-state index in [4.69, 9.17) is 19.2 Å². The van der Waals surface area contributed by atoms with Gasteiger partial charge in [0, 0.05) is 24.4 Å². The van der Waals surface area contributed by atoms with Crippen LogP contribution in [0.4, 0.5) is 4.79 Å². The number of ketones is 1. The van der Waals surface area contributed by atoms with Crippen molar-refractivity contribution in [1.29, 1.82) is 0 Å². The molecule has 7 nitrogen and oxygen atoms in total. The van der Waals surface area contributed by atoms with Crippen molar-refractivity contribution >= 4 is 23.7 Å². The number of nitrogens with zero attached hydrogens (tertiary/aromatic N) is 2. The first-order chi connectivity index (χ1) is 17.2. The van der Waals surface area contributed by atoms with Crippen LogP contribution in [0, 0.1) is 5.92 Å². The minimum Gasteiger partial charge on any atom is -0.497 e. The summed E-state index contributed by atoms with van der Waals surface area (Å²) >= 11 is 0. The monoisotopic (exact) mass is 490 g/mol. The number of allylic oxidation sites excluding steroid dienone is 4. The molecule has 1 aromatic rings. The van der Waals surface area contributed by atoms with E-state index in [1.165, 1.54) is 0 Å². The summed E-state index contributed by atoms with van der Waals surface area (Å²) in [7, 11) is 3.22. The Morgan fingerprint density at radius 1 is 1.11 bits per heavy atom. The van der Waals surface area contributed by atoms with Crippen LogP contribution in [0.5, 0.6) is 0 Å². The van der Waals surface area contributed by atoms with Crippen molar-refractivity contribution in [1.82, 2.24) is 4.90 Å². The summed E-state index contributed by atoms with van der Waals surface area (Å²) in [5.41, 5.74) is 2.99. The molecular weight excluding hydrogens is 456 g/mol. The largest absolute Gasteiger partial charge is 0.497 e. The van der Waals surface area contributed by atoms with E-state index in [2.05, 4.69) is 18.2 Å². The number of rotatable bonds is 4. The molecule has 190 valence electrons. The Kier molecular flexibility index (Phi) is 6.05. The molecule has 1 atom stereocenters. The highest BCUT2D eigenvalue weighted by Gasteiger charge is 2.58. The van der Waals surface area contributed by atoms with E-state index in [0.29, 0.717) is 42.5 Å². The number of carbonyl (C=O) groups is 2. The average Bonchev–Trinajstić information content (AvgIpc) is 3.18. The first kappa shape index (κ1) is 24.3. The fourth-order valence-corrected chi connectivity index (χ4v) is 5.96. The van der Waals surface area contributed by atoms with Gasteiger partial charge >= 0.3 is 6.09 Å². The molecular formula is C29H34N2O5. The quantitative estimate of drug-likeness (QED) is 0.582. The molecule has 0 aromatic heterocycles. The third kappa shape index (κ3) is 3.85. The van der Waals surface area contributed by atoms with Gasteiger partial charge in [0.1, 0.15) is 16.8 Å². The molecule has 1 unspecified atom stereocenters. The van der Waals surface area contributed by atoms with Gasteiger partial charge in [0.15, 0.2) is 11.5 Å². The molecule has 1 spiro atoms. The van der Waals surface area contributed by atoms with Crippen LogP contribution in [0.2, 0.25) is 0 Å². The summed E-state index contributed by atoms with van der Waals surface area (Å²) in [6.07, 6.45) is 6.31. The number of benzene rings is 1. The summed E-state index contributed by atoms with van der Waals surface area (Å²) < 4.78 is 17.2. The zero-order valence-electron chi connectivity index (χ0n) is 21.7. The molecule has 1 amide bonds. The lowest BCUT2D eigenvalue weighted by Gasteiger charge is -2.40. The highest BCUT2D eigenvalue weighted by molar-refractivity contribution is 6.23. The Morgan fingerprint density at radius 3 is 2.50 bits per heavy atom. The molecule has 4 aliphatic rings. The lowest BCUT2D eigenvalue weighted by atomic mass is 9.62. The molecule has 2 aliphatic carbocycles. The van der Waals surface area contributed by atoms with E-state index in [1.807, 2.05) is 39.0 Å². The van der Waals surface area contributed by atoms with Crippen molar-refractivity contribution < 1.29 is 23.8 Å². The summed E-state index contributed by atoms with van der Waals surface area (Å²) in [5, 5.41) is 0. The lowest BCUT2D eigenvalue weighted by molar-refractivity contribution is -0.116. The summed E-state index contributed by atoms with van der Waals surface area (Å²) in [4.78, 5) is 33.1. The second-order valence-electron chi connectivity index (χ2n) is 10.9. The number of hydrogen-bond acceptors (Lipinski definition) is 6. The van der Waals surface area contributed by atoms with Gasteiger partial charge in [-0.1, -0.05) is 30.3 Å². The number of hydrogen-bond donors (Lipinski definition) is 0. The van der Waals surface area contributed by atoms with E-state index in [9.17, 15) is 9.59 Å². The van der Waals surface area contributed by atoms with Gasteiger partial charge in [-0.15, -0.1) is 0 Å². The smallest absolute Gasteiger partial charge is 0.410 e. The van der Waals surface area contributed by atoms with Crippen LogP contribution >= 0.6 is 0 Å². The predicted molar refractivity (Wildman–Crippen MR) is 137 cm³/mol. The van der Waals surface area contributed by atoms with E-state index in [1.54, 1.807) is 19.1 Å². The highest BCUT2D eigenvalue weighted by atomic mass is 16.6. The van der Waals surface area contributed by atoms with E-state index >= 15 is 0 Å². The average molecular weight is 491 g/mol. The van der Waals surface area contributed by atoms with Crippen LogP contribution in [-0.4, -0.2) is 55.4 Å². The van der Waals surface area contributed by atoms with Crippen molar-refractivity contribution in [2.24, 2.45) is 10.9 Å². The van der Waals surface area contributed by atoms with Crippen molar-refractivity contribution in [3.8, 4) is 0 Å². The molecule has 7 heteroatoms. The standard InChI is InChI=1S/C29H34N2O5/c1-28(2,3)36-27(33)31-14-12-18(13-15-31)16-21-25-22(32)17-23(34-4)26(35-5)29(25)20-9-7-6-8-19(20)10-11-24(29)30-21/h6-11,18H,12-17H2,1-5H3. The fourth-order valence-electron chi connectivity index (χ4n) is 5.96. The Bertz CT molecular complexity index is 1220. The zero-order chi connectivity index (χ0) is 25.7. The van der Waals surface area contributed by atoms with Crippen LogP contribution in [-0.2, 0) is 24.4 Å². The van der Waals surface area contributed by atoms with E-state index in [0.717, 1.165) is 35.4 Å². The van der Waals surface area contributed by atoms with Gasteiger partial charge < -0.3 is 19.1 Å². The topological polar surface area (TPSA) is 77.4 Å². The van der Waals surface area contributed by atoms with Crippen LogP contribution in [0.15, 0.2) is 58.1 Å². The van der Waals surface area contributed by atoms with Gasteiger partial charge in [-0.05, 0) is 63.2 Å². The van der Waals surface area contributed by atoms with E-state index < -0.39 is 11.0 Å². The number of methoxy groups -OCH3 is 2. The molecule has 1 fully saturated rings. The minimum atomic E-state index is -0.882. The zero-order valence-corrected chi connectivity index (χ0v) is 21.7. The van der Waals surface area contributed by atoms with Crippen LogP contribution < -0.4 is 0 Å². The predicted octanol–water partition coefficient (Wildman–Crippen LogP) is 5.17. The van der Waals surface area contributed by atoms with Gasteiger partial charge in [0.2, 0.25) is 0 Å². The molecule has 36 heavy (non-hydrogen) atoms. The summed E-state index contributed by atoms with van der Waals surface area (Å²) in [6, 6.07) is 8.10. The maximum absolute atomic E-state index is 13.7. The van der Waals surface area contributed by atoms with Crippen molar-refractivity contribution in [2.75, 3.05) is 27.3 Å². The number of piperidine rings is 1. The number of Topliss-reactive ketones (excluding diaryl/α,β-unsaturated/α-hetero) is 1. The van der Waals surface area contributed by atoms with Gasteiger partial charge in [-0.25, -0.2) is 4.79 Å². The SMILES string of the molecule is COC1=C(OC)C23C(=NC(CC4CCN(C(=O)OC(C)(C)C)CC4)=C2C(=O)C1)C=Cc1ccccc13. The number of aliphatic imine (C=N–C) groups is 1. The third-order valence-electron chi connectivity index (χ3n) is 7.48.